The molecule has 0 saturated heterocycles. The number of carbonyl (C=O) groups excluding carboxylic acids is 1. The summed E-state index contributed by atoms with van der Waals surface area (Å²) < 4.78 is 7.98. The van der Waals surface area contributed by atoms with E-state index >= 15 is 0 Å². The van der Waals surface area contributed by atoms with E-state index in [1.807, 2.05) is 36.6 Å². The topological polar surface area (TPSA) is 94.8 Å². The van der Waals surface area contributed by atoms with Gasteiger partial charge in [-0.05, 0) is 31.4 Å². The average molecular weight is 433 g/mol. The number of aryl methyl sites for hydroxylation is 1. The number of nitrogens with one attached hydrogen (secondary N) is 1. The van der Waals surface area contributed by atoms with Crippen LogP contribution in [0.3, 0.4) is 0 Å². The van der Waals surface area contributed by atoms with E-state index in [9.17, 15) is 4.79 Å². The predicted octanol–water partition coefficient (Wildman–Crippen LogP) is 3.89. The van der Waals surface area contributed by atoms with E-state index < -0.39 is 0 Å². The molecule has 2 heterocycles. The summed E-state index contributed by atoms with van der Waals surface area (Å²) in [4.78, 5) is 12.1. The Bertz CT molecular complexity index is 969. The molecule has 29 heavy (non-hydrogen) atoms. The quantitative estimate of drug-likeness (QED) is 0.513. The second-order valence-electron chi connectivity index (χ2n) is 6.59. The van der Waals surface area contributed by atoms with Crippen LogP contribution < -0.4 is 10.1 Å². The summed E-state index contributed by atoms with van der Waals surface area (Å²) in [6.45, 7) is 9.15. The zero-order valence-corrected chi connectivity index (χ0v) is 18.5. The summed E-state index contributed by atoms with van der Waals surface area (Å²) in [6, 6.07) is 8.02. The molecule has 3 rings (SSSR count). The van der Waals surface area contributed by atoms with Crippen LogP contribution in [0.25, 0.3) is 0 Å². The zero-order valence-electron chi connectivity index (χ0n) is 16.9. The third-order valence-electron chi connectivity index (χ3n) is 4.11. The molecule has 10 heteroatoms. The van der Waals surface area contributed by atoms with E-state index in [1.54, 1.807) is 0 Å². The first-order valence-corrected chi connectivity index (χ1v) is 11.1. The number of nitrogens with zero attached hydrogens (tertiary/aromatic N) is 5. The number of thioether (sulfide) groups is 1. The summed E-state index contributed by atoms with van der Waals surface area (Å²) in [5.41, 5.74) is 1.16. The van der Waals surface area contributed by atoms with Gasteiger partial charge < -0.3 is 9.30 Å². The van der Waals surface area contributed by atoms with Gasteiger partial charge in [0.25, 0.3) is 0 Å². The fourth-order valence-electron chi connectivity index (χ4n) is 2.71. The Morgan fingerprint density at radius 3 is 2.72 bits per heavy atom. The molecule has 1 aromatic carbocycles. The number of amides is 1. The van der Waals surface area contributed by atoms with Crippen molar-refractivity contribution in [3.8, 4) is 5.75 Å². The molecule has 0 aliphatic rings. The summed E-state index contributed by atoms with van der Waals surface area (Å²) >= 11 is 2.68. The maximum Gasteiger partial charge on any atom is 0.236 e. The summed E-state index contributed by atoms with van der Waals surface area (Å²) in [7, 11) is 0. The van der Waals surface area contributed by atoms with Crippen molar-refractivity contribution in [2.24, 2.45) is 0 Å². The molecule has 1 amide bonds. The van der Waals surface area contributed by atoms with Crippen molar-refractivity contribution < 1.29 is 9.53 Å². The predicted molar refractivity (Wildman–Crippen MR) is 115 cm³/mol. The Balaban J connectivity index is 1.60. The summed E-state index contributed by atoms with van der Waals surface area (Å²) in [5, 5.41) is 21.0. The normalized spacial score (nSPS) is 11.1. The van der Waals surface area contributed by atoms with E-state index in [-0.39, 0.29) is 11.7 Å². The lowest BCUT2D eigenvalue weighted by Gasteiger charge is -2.14. The molecule has 0 unspecified atom stereocenters. The van der Waals surface area contributed by atoms with Crippen LogP contribution in [-0.4, -0.2) is 36.6 Å². The third-order valence-corrected chi connectivity index (χ3v) is 5.83. The van der Waals surface area contributed by atoms with Crippen molar-refractivity contribution in [3.05, 3.63) is 40.7 Å². The van der Waals surface area contributed by atoms with Crippen molar-refractivity contribution in [1.29, 1.82) is 0 Å². The fourth-order valence-corrected chi connectivity index (χ4v) is 4.14. The average Bonchev–Trinajstić information content (AvgIpc) is 3.30. The van der Waals surface area contributed by atoms with Gasteiger partial charge in [-0.3, -0.25) is 10.1 Å². The van der Waals surface area contributed by atoms with Crippen LogP contribution in [0.2, 0.25) is 0 Å². The molecule has 0 saturated carbocycles. The van der Waals surface area contributed by atoms with Crippen LogP contribution in [0.15, 0.2) is 29.4 Å². The van der Waals surface area contributed by atoms with Crippen molar-refractivity contribution in [2.75, 3.05) is 11.1 Å². The van der Waals surface area contributed by atoms with Crippen LogP contribution in [0.5, 0.6) is 5.75 Å². The molecule has 0 atom stereocenters. The van der Waals surface area contributed by atoms with Crippen LogP contribution >= 0.6 is 23.1 Å². The lowest BCUT2D eigenvalue weighted by Crippen LogP contribution is -2.14. The molecule has 154 valence electrons. The molecule has 0 bridgehead atoms. The first kappa shape index (κ1) is 21.3. The van der Waals surface area contributed by atoms with Gasteiger partial charge in [0.05, 0.1) is 5.75 Å². The van der Waals surface area contributed by atoms with Crippen molar-refractivity contribution in [1.82, 2.24) is 25.0 Å². The number of benzene rings is 1. The minimum atomic E-state index is -0.152. The van der Waals surface area contributed by atoms with Crippen LogP contribution in [-0.2, 0) is 17.9 Å². The van der Waals surface area contributed by atoms with Gasteiger partial charge in [-0.2, -0.15) is 0 Å². The number of carbonyl (C=O) groups is 1. The molecule has 2 aromatic heterocycles. The maximum absolute atomic E-state index is 12.1. The smallest absolute Gasteiger partial charge is 0.236 e. The highest BCUT2D eigenvalue weighted by Crippen LogP contribution is 2.27. The Kier molecular flexibility index (Phi) is 7.21. The lowest BCUT2D eigenvalue weighted by molar-refractivity contribution is -0.113. The minimum Gasteiger partial charge on any atom is -0.485 e. The maximum atomic E-state index is 12.1. The Morgan fingerprint density at radius 2 is 2.03 bits per heavy atom. The van der Waals surface area contributed by atoms with Crippen LogP contribution in [0, 0.1) is 6.92 Å². The number of aromatic nitrogens is 5. The van der Waals surface area contributed by atoms with Gasteiger partial charge in [-0.1, -0.05) is 55.1 Å². The lowest BCUT2D eigenvalue weighted by atomic mass is 10.0. The number of rotatable bonds is 9. The molecule has 0 radical (unpaired) electrons. The van der Waals surface area contributed by atoms with Crippen molar-refractivity contribution in [2.45, 2.75) is 51.9 Å². The van der Waals surface area contributed by atoms with Gasteiger partial charge in [0.15, 0.2) is 11.0 Å². The molecule has 0 aliphatic heterocycles. The Hall–Kier alpha value is -2.46. The zero-order chi connectivity index (χ0) is 20.8. The highest BCUT2D eigenvalue weighted by molar-refractivity contribution is 7.99. The number of ether oxygens (including phenoxy) is 1. The number of hydrogen-bond acceptors (Lipinski definition) is 8. The molecular weight excluding hydrogens is 408 g/mol. The third kappa shape index (κ3) is 5.54. The first-order chi connectivity index (χ1) is 14.0. The van der Waals surface area contributed by atoms with E-state index in [0.717, 1.165) is 22.1 Å². The van der Waals surface area contributed by atoms with Gasteiger partial charge in [-0.25, -0.2) is 0 Å². The molecule has 1 N–H and O–H groups in total. The van der Waals surface area contributed by atoms with Gasteiger partial charge in [0.1, 0.15) is 17.4 Å². The number of para-hydroxylation sites is 1. The molecule has 0 fully saturated rings. The second-order valence-corrected chi connectivity index (χ2v) is 8.71. The Labute approximate surface area is 178 Å². The van der Waals surface area contributed by atoms with E-state index in [2.05, 4.69) is 45.6 Å². The number of anilines is 1. The monoisotopic (exact) mass is 432 g/mol. The van der Waals surface area contributed by atoms with Gasteiger partial charge in [0, 0.05) is 6.54 Å². The fraction of sp³-hybridized carbons (Fsp3) is 0.421. The van der Waals surface area contributed by atoms with Crippen LogP contribution in [0.4, 0.5) is 5.13 Å². The second kappa shape index (κ2) is 9.84. The first-order valence-electron chi connectivity index (χ1n) is 9.34. The van der Waals surface area contributed by atoms with E-state index in [0.29, 0.717) is 29.4 Å². The molecule has 3 aromatic rings. The van der Waals surface area contributed by atoms with Gasteiger partial charge in [0.2, 0.25) is 11.0 Å². The summed E-state index contributed by atoms with van der Waals surface area (Å²) in [5.74, 6) is 2.02. The standard InChI is InChI=1S/C19H24N6O2S2/c1-5-25-16(10-27-15-9-7-6-8-14(15)12(2)3)22-24-19(25)28-11-17(26)20-18-23-21-13(4)29-18/h6-9,12H,5,10-11H2,1-4H3,(H,20,23,26). The Morgan fingerprint density at radius 1 is 1.24 bits per heavy atom. The van der Waals surface area contributed by atoms with E-state index in [1.165, 1.54) is 23.1 Å². The molecule has 0 spiro atoms. The highest BCUT2D eigenvalue weighted by atomic mass is 32.2. The SMILES string of the molecule is CCn1c(COc2ccccc2C(C)C)nnc1SCC(=O)Nc1nnc(C)s1. The van der Waals surface area contributed by atoms with Gasteiger partial charge in [-0.15, -0.1) is 20.4 Å². The molecule has 0 aliphatic carbocycles. The van der Waals surface area contributed by atoms with Gasteiger partial charge >= 0.3 is 0 Å². The van der Waals surface area contributed by atoms with E-state index in [4.69, 9.17) is 4.74 Å². The van der Waals surface area contributed by atoms with Crippen LogP contribution in [0.1, 0.15) is 43.1 Å². The molecule has 8 nitrogen and oxygen atoms in total. The van der Waals surface area contributed by atoms with Crippen molar-refractivity contribution in [3.63, 3.8) is 0 Å². The van der Waals surface area contributed by atoms with Crippen molar-refractivity contribution >= 4 is 34.1 Å². The number of hydrogen-bond donors (Lipinski definition) is 1. The summed E-state index contributed by atoms with van der Waals surface area (Å²) in [6.07, 6.45) is 0. The highest BCUT2D eigenvalue weighted by Gasteiger charge is 2.15. The molecular formula is C19H24N6O2S2. The largest absolute Gasteiger partial charge is 0.485 e. The minimum absolute atomic E-state index is 0.152.